The zero-order valence-electron chi connectivity index (χ0n) is 11.1. The van der Waals surface area contributed by atoms with E-state index in [1.165, 1.54) is 17.4 Å². The Morgan fingerprint density at radius 1 is 1.39 bits per heavy atom. The van der Waals surface area contributed by atoms with E-state index in [0.29, 0.717) is 11.3 Å². The van der Waals surface area contributed by atoms with Crippen LogP contribution in [0.25, 0.3) is 0 Å². The van der Waals surface area contributed by atoms with Crippen LogP contribution in [0.5, 0.6) is 0 Å². The number of nitrogens with two attached hydrogens (primary N) is 1. The minimum Gasteiger partial charge on any atom is -0.399 e. The normalized spacial score (nSPS) is 13.0. The number of aryl methyl sites for hydroxylation is 1. The van der Waals surface area contributed by atoms with Gasteiger partial charge in [-0.3, -0.25) is 0 Å². The third-order valence-corrected chi connectivity index (χ3v) is 5.31. The van der Waals surface area contributed by atoms with Gasteiger partial charge >= 0.3 is 0 Å². The summed E-state index contributed by atoms with van der Waals surface area (Å²) in [6, 6.07) is 4.66. The quantitative estimate of drug-likeness (QED) is 0.800. The summed E-state index contributed by atoms with van der Waals surface area (Å²) in [7, 11) is -2.18. The molecule has 0 atom stereocenters. The van der Waals surface area contributed by atoms with Crippen LogP contribution in [-0.4, -0.2) is 37.0 Å². The summed E-state index contributed by atoms with van der Waals surface area (Å²) in [6.07, 6.45) is 0. The number of nitrogen functional groups attached to an aromatic ring is 1. The molecule has 0 saturated heterocycles. The first-order valence-corrected chi connectivity index (χ1v) is 7.03. The maximum Gasteiger partial charge on any atom is 0.243 e. The highest BCUT2D eigenvalue weighted by atomic mass is 32.2. The maximum absolute atomic E-state index is 12.4. The molecule has 0 aliphatic heterocycles. The number of hydrogen-bond acceptors (Lipinski definition) is 4. The molecule has 18 heavy (non-hydrogen) atoms. The van der Waals surface area contributed by atoms with Crippen molar-refractivity contribution < 1.29 is 13.5 Å². The van der Waals surface area contributed by atoms with Crippen LogP contribution in [0, 0.1) is 6.92 Å². The number of aliphatic hydroxyl groups is 1. The maximum atomic E-state index is 12.4. The first-order chi connectivity index (χ1) is 8.13. The summed E-state index contributed by atoms with van der Waals surface area (Å²) in [5, 5.41) is 9.26. The van der Waals surface area contributed by atoms with Crippen molar-refractivity contribution in [1.82, 2.24) is 4.31 Å². The molecule has 1 aromatic rings. The summed E-state index contributed by atoms with van der Waals surface area (Å²) in [5.41, 5.74) is 5.87. The molecule has 0 aromatic heterocycles. The van der Waals surface area contributed by atoms with Gasteiger partial charge in [0.15, 0.2) is 0 Å². The van der Waals surface area contributed by atoms with Crippen molar-refractivity contribution in [2.45, 2.75) is 31.2 Å². The number of sulfonamides is 1. The lowest BCUT2D eigenvalue weighted by Gasteiger charge is -2.33. The molecule has 0 radical (unpaired) electrons. The van der Waals surface area contributed by atoms with Gasteiger partial charge in [0.25, 0.3) is 0 Å². The first-order valence-electron chi connectivity index (χ1n) is 5.59. The number of aliphatic hydroxyl groups excluding tert-OH is 1. The van der Waals surface area contributed by atoms with Crippen LogP contribution < -0.4 is 5.73 Å². The summed E-state index contributed by atoms with van der Waals surface area (Å²) < 4.78 is 26.1. The zero-order chi connectivity index (χ0) is 14.1. The molecule has 0 saturated carbocycles. The lowest BCUT2D eigenvalue weighted by Crippen LogP contribution is -2.47. The van der Waals surface area contributed by atoms with Gasteiger partial charge in [-0.2, -0.15) is 4.31 Å². The molecule has 0 aliphatic carbocycles. The average molecular weight is 272 g/mol. The lowest BCUT2D eigenvalue weighted by atomic mass is 10.1. The van der Waals surface area contributed by atoms with Gasteiger partial charge in [-0.1, -0.05) is 0 Å². The van der Waals surface area contributed by atoms with Crippen molar-refractivity contribution in [3.8, 4) is 0 Å². The fourth-order valence-electron chi connectivity index (χ4n) is 1.53. The van der Waals surface area contributed by atoms with Crippen LogP contribution in [0.15, 0.2) is 23.1 Å². The Kier molecular flexibility index (Phi) is 4.05. The molecule has 1 rings (SSSR count). The predicted molar refractivity (Wildman–Crippen MR) is 71.7 cm³/mol. The van der Waals surface area contributed by atoms with Crippen molar-refractivity contribution >= 4 is 15.7 Å². The average Bonchev–Trinajstić information content (AvgIpc) is 2.27. The Labute approximate surface area is 108 Å². The summed E-state index contributed by atoms with van der Waals surface area (Å²) in [4.78, 5) is 0.209. The van der Waals surface area contributed by atoms with Gasteiger partial charge in [0.05, 0.1) is 17.0 Å². The first kappa shape index (κ1) is 14.9. The SMILES string of the molecule is Cc1cc(N)ccc1S(=O)(=O)N(C)C(C)(C)CO. The van der Waals surface area contributed by atoms with Crippen LogP contribution in [0.2, 0.25) is 0 Å². The topological polar surface area (TPSA) is 83.6 Å². The Morgan fingerprint density at radius 2 is 1.94 bits per heavy atom. The molecule has 6 heteroatoms. The molecular formula is C12H20N2O3S. The largest absolute Gasteiger partial charge is 0.399 e. The second-order valence-corrected chi connectivity index (χ2v) is 6.91. The third-order valence-electron chi connectivity index (χ3n) is 3.08. The number of benzene rings is 1. The van der Waals surface area contributed by atoms with E-state index >= 15 is 0 Å². The van der Waals surface area contributed by atoms with Gasteiger partial charge in [0.1, 0.15) is 0 Å². The fourth-order valence-corrected chi connectivity index (χ4v) is 3.24. The molecule has 0 spiro atoms. The van der Waals surface area contributed by atoms with Gasteiger partial charge in [-0.15, -0.1) is 0 Å². The Bertz CT molecular complexity index is 538. The van der Waals surface area contributed by atoms with E-state index in [1.54, 1.807) is 32.9 Å². The second-order valence-electron chi connectivity index (χ2n) is 4.97. The third kappa shape index (κ3) is 2.66. The summed E-state index contributed by atoms with van der Waals surface area (Å²) in [5.74, 6) is 0. The number of hydrogen-bond donors (Lipinski definition) is 2. The molecule has 0 heterocycles. The van der Waals surface area contributed by atoms with E-state index in [0.717, 1.165) is 0 Å². The Hall–Kier alpha value is -1.11. The zero-order valence-corrected chi connectivity index (χ0v) is 12.0. The molecule has 102 valence electrons. The summed E-state index contributed by atoms with van der Waals surface area (Å²) in [6.45, 7) is 4.77. The van der Waals surface area contributed by atoms with E-state index in [2.05, 4.69) is 0 Å². The predicted octanol–water partition coefficient (Wildman–Crippen LogP) is 0.969. The van der Waals surface area contributed by atoms with Gasteiger partial charge < -0.3 is 10.8 Å². The van der Waals surface area contributed by atoms with Crippen molar-refractivity contribution in [2.24, 2.45) is 0 Å². The number of nitrogens with zero attached hydrogens (tertiary/aromatic N) is 1. The van der Waals surface area contributed by atoms with Crippen LogP contribution >= 0.6 is 0 Å². The molecule has 5 nitrogen and oxygen atoms in total. The highest BCUT2D eigenvalue weighted by Crippen LogP contribution is 2.25. The van der Waals surface area contributed by atoms with E-state index in [-0.39, 0.29) is 11.5 Å². The molecule has 0 aliphatic rings. The lowest BCUT2D eigenvalue weighted by molar-refractivity contribution is 0.138. The molecule has 3 N–H and O–H groups in total. The molecular weight excluding hydrogens is 252 g/mol. The fraction of sp³-hybridized carbons (Fsp3) is 0.500. The highest BCUT2D eigenvalue weighted by molar-refractivity contribution is 7.89. The van der Waals surface area contributed by atoms with Crippen LogP contribution in [-0.2, 0) is 10.0 Å². The second kappa shape index (κ2) is 4.87. The van der Waals surface area contributed by atoms with Gasteiger partial charge in [-0.25, -0.2) is 8.42 Å². The molecule has 0 fully saturated rings. The van der Waals surface area contributed by atoms with Crippen LogP contribution in [0.3, 0.4) is 0 Å². The van der Waals surface area contributed by atoms with Gasteiger partial charge in [-0.05, 0) is 44.5 Å². The number of rotatable bonds is 4. The van der Waals surface area contributed by atoms with Crippen LogP contribution in [0.4, 0.5) is 5.69 Å². The van der Waals surface area contributed by atoms with E-state index in [4.69, 9.17) is 5.73 Å². The standard InChI is InChI=1S/C12H20N2O3S/c1-9-7-10(13)5-6-11(9)18(16,17)14(4)12(2,3)8-15/h5-7,15H,8,13H2,1-4H3. The number of likely N-dealkylation sites (N-methyl/N-ethyl adjacent to an activating group) is 1. The molecule has 1 aromatic carbocycles. The molecule has 0 bridgehead atoms. The highest BCUT2D eigenvalue weighted by Gasteiger charge is 2.34. The van der Waals surface area contributed by atoms with Crippen molar-refractivity contribution in [1.29, 1.82) is 0 Å². The Balaban J connectivity index is 3.30. The summed E-state index contributed by atoms with van der Waals surface area (Å²) >= 11 is 0. The van der Waals surface area contributed by atoms with E-state index in [1.807, 2.05) is 0 Å². The van der Waals surface area contributed by atoms with E-state index < -0.39 is 15.6 Å². The smallest absolute Gasteiger partial charge is 0.243 e. The van der Waals surface area contributed by atoms with Crippen molar-refractivity contribution in [3.63, 3.8) is 0 Å². The molecule has 0 unspecified atom stereocenters. The van der Waals surface area contributed by atoms with Crippen molar-refractivity contribution in [3.05, 3.63) is 23.8 Å². The molecule has 0 amide bonds. The van der Waals surface area contributed by atoms with Gasteiger partial charge in [0.2, 0.25) is 10.0 Å². The van der Waals surface area contributed by atoms with E-state index in [9.17, 15) is 13.5 Å². The minimum absolute atomic E-state index is 0.209. The van der Waals surface area contributed by atoms with Gasteiger partial charge in [0, 0.05) is 12.7 Å². The number of anilines is 1. The van der Waals surface area contributed by atoms with Crippen molar-refractivity contribution in [2.75, 3.05) is 19.4 Å². The minimum atomic E-state index is -3.64. The van der Waals surface area contributed by atoms with Crippen LogP contribution in [0.1, 0.15) is 19.4 Å². The Morgan fingerprint density at radius 3 is 2.39 bits per heavy atom. The monoisotopic (exact) mass is 272 g/mol.